The van der Waals surface area contributed by atoms with E-state index in [4.69, 9.17) is 4.74 Å². The van der Waals surface area contributed by atoms with Crippen LogP contribution in [0.4, 0.5) is 14.9 Å². The summed E-state index contributed by atoms with van der Waals surface area (Å²) >= 11 is 0. The number of hydrogen-bond acceptors (Lipinski definition) is 4. The van der Waals surface area contributed by atoms with Crippen LogP contribution in [0, 0.1) is 11.7 Å². The fourth-order valence-electron chi connectivity index (χ4n) is 2.89. The molecule has 6 nitrogen and oxygen atoms in total. The summed E-state index contributed by atoms with van der Waals surface area (Å²) in [7, 11) is 1.32. The van der Waals surface area contributed by atoms with Gasteiger partial charge >= 0.3 is 12.0 Å². The van der Waals surface area contributed by atoms with E-state index in [-0.39, 0.29) is 17.8 Å². The zero-order valence-electron chi connectivity index (χ0n) is 15.0. The lowest BCUT2D eigenvalue weighted by Gasteiger charge is -2.36. The fraction of sp³-hybridized carbons (Fsp3) is 0.556. The lowest BCUT2D eigenvalue weighted by atomic mass is 10.0. The van der Waals surface area contributed by atoms with E-state index in [2.05, 4.69) is 10.2 Å². The second kappa shape index (κ2) is 8.69. The van der Waals surface area contributed by atoms with E-state index in [1.807, 2.05) is 13.8 Å². The molecule has 25 heavy (non-hydrogen) atoms. The van der Waals surface area contributed by atoms with Gasteiger partial charge in [0.25, 0.3) is 0 Å². The van der Waals surface area contributed by atoms with Crippen molar-refractivity contribution in [3.8, 4) is 0 Å². The van der Waals surface area contributed by atoms with Gasteiger partial charge in [0, 0.05) is 31.9 Å². The molecule has 0 radical (unpaired) electrons. The minimum Gasteiger partial charge on any atom is -0.467 e. The lowest BCUT2D eigenvalue weighted by molar-refractivity contribution is -0.143. The Morgan fingerprint density at radius 1 is 1.16 bits per heavy atom. The maximum Gasteiger partial charge on any atom is 0.328 e. The number of nitrogens with zero attached hydrogens (tertiary/aromatic N) is 2. The molecule has 1 heterocycles. The summed E-state index contributed by atoms with van der Waals surface area (Å²) in [6.07, 6.45) is 0.536. The molecule has 0 aromatic heterocycles. The molecule has 0 saturated carbocycles. The summed E-state index contributed by atoms with van der Waals surface area (Å²) in [5, 5.41) is 2.78. The first-order valence-electron chi connectivity index (χ1n) is 8.54. The molecule has 0 bridgehead atoms. The van der Waals surface area contributed by atoms with Crippen LogP contribution in [0.2, 0.25) is 0 Å². The quantitative estimate of drug-likeness (QED) is 0.827. The van der Waals surface area contributed by atoms with Crippen molar-refractivity contribution in [2.24, 2.45) is 5.92 Å². The van der Waals surface area contributed by atoms with Crippen LogP contribution in [-0.2, 0) is 9.53 Å². The number of hydrogen-bond donors (Lipinski definition) is 1. The van der Waals surface area contributed by atoms with Crippen LogP contribution in [0.5, 0.6) is 0 Å². The molecule has 1 fully saturated rings. The summed E-state index contributed by atoms with van der Waals surface area (Å²) in [5.41, 5.74) is 0.939. The van der Waals surface area contributed by atoms with Gasteiger partial charge in [0.15, 0.2) is 0 Å². The number of amides is 2. The number of urea groups is 1. The monoisotopic (exact) mass is 351 g/mol. The molecule has 2 rings (SSSR count). The molecule has 1 aromatic carbocycles. The summed E-state index contributed by atoms with van der Waals surface area (Å²) in [5.74, 6) is -0.424. The number of carbonyl (C=O) groups is 2. The van der Waals surface area contributed by atoms with E-state index in [1.54, 1.807) is 17.0 Å². The van der Waals surface area contributed by atoms with Crippen molar-refractivity contribution in [2.45, 2.75) is 26.3 Å². The van der Waals surface area contributed by atoms with Crippen LogP contribution in [0.1, 0.15) is 20.3 Å². The molecule has 1 aliphatic heterocycles. The highest BCUT2D eigenvalue weighted by molar-refractivity contribution is 5.83. The summed E-state index contributed by atoms with van der Waals surface area (Å²) < 4.78 is 17.8. The van der Waals surface area contributed by atoms with Crippen LogP contribution in [0.15, 0.2) is 24.3 Å². The Morgan fingerprint density at radius 2 is 1.76 bits per heavy atom. The zero-order valence-corrected chi connectivity index (χ0v) is 15.0. The number of anilines is 1. The average molecular weight is 351 g/mol. The van der Waals surface area contributed by atoms with Gasteiger partial charge in [0.2, 0.25) is 0 Å². The first-order chi connectivity index (χ1) is 11.9. The molecule has 7 heteroatoms. The molecule has 1 aromatic rings. The first-order valence-corrected chi connectivity index (χ1v) is 8.54. The Labute approximate surface area is 147 Å². The third kappa shape index (κ3) is 5.34. The van der Waals surface area contributed by atoms with Gasteiger partial charge in [-0.15, -0.1) is 0 Å². The van der Waals surface area contributed by atoms with Gasteiger partial charge in [-0.1, -0.05) is 13.8 Å². The maximum absolute atomic E-state index is 13.0. The normalized spacial score (nSPS) is 15.9. The number of rotatable bonds is 5. The van der Waals surface area contributed by atoms with E-state index in [1.165, 1.54) is 19.2 Å². The number of halogens is 1. The SMILES string of the molecule is COC(=O)[C@H](CC(C)C)NC(=O)N1CCN(c2ccc(F)cc2)CC1. The van der Waals surface area contributed by atoms with Crippen molar-refractivity contribution in [3.63, 3.8) is 0 Å². The Balaban J connectivity index is 1.89. The standard InChI is InChI=1S/C18H26FN3O3/c1-13(2)12-16(17(23)25-3)20-18(24)22-10-8-21(9-11-22)15-6-4-14(19)5-7-15/h4-7,13,16H,8-12H2,1-3H3,(H,20,24)/t16-/m0/s1. The van der Waals surface area contributed by atoms with Gasteiger partial charge in [0.1, 0.15) is 11.9 Å². The predicted octanol–water partition coefficient (Wildman–Crippen LogP) is 2.25. The van der Waals surface area contributed by atoms with E-state index in [0.717, 1.165) is 5.69 Å². The molecule has 1 saturated heterocycles. The highest BCUT2D eigenvalue weighted by atomic mass is 19.1. The van der Waals surface area contributed by atoms with Gasteiger partial charge in [-0.05, 0) is 36.6 Å². The number of carbonyl (C=O) groups excluding carboxylic acids is 2. The fourth-order valence-corrected chi connectivity index (χ4v) is 2.89. The number of methoxy groups -OCH3 is 1. The van der Waals surface area contributed by atoms with Crippen molar-refractivity contribution in [1.82, 2.24) is 10.2 Å². The molecular weight excluding hydrogens is 325 g/mol. The number of piperazine rings is 1. The third-order valence-electron chi connectivity index (χ3n) is 4.25. The van der Waals surface area contributed by atoms with Gasteiger partial charge < -0.3 is 19.9 Å². The average Bonchev–Trinajstić information content (AvgIpc) is 2.61. The van der Waals surface area contributed by atoms with E-state index in [0.29, 0.717) is 32.6 Å². The zero-order chi connectivity index (χ0) is 18.4. The predicted molar refractivity (Wildman–Crippen MR) is 94.0 cm³/mol. The van der Waals surface area contributed by atoms with E-state index in [9.17, 15) is 14.0 Å². The largest absolute Gasteiger partial charge is 0.467 e. The topological polar surface area (TPSA) is 61.9 Å². The van der Waals surface area contributed by atoms with Crippen molar-refractivity contribution >= 4 is 17.7 Å². The Morgan fingerprint density at radius 3 is 2.28 bits per heavy atom. The Hall–Kier alpha value is -2.31. The van der Waals surface area contributed by atoms with Gasteiger partial charge in [-0.25, -0.2) is 14.0 Å². The van der Waals surface area contributed by atoms with Crippen LogP contribution in [0.3, 0.4) is 0 Å². The Bertz CT molecular complexity index is 584. The van der Waals surface area contributed by atoms with Crippen LogP contribution >= 0.6 is 0 Å². The molecule has 1 atom stereocenters. The number of esters is 1. The number of nitrogens with one attached hydrogen (secondary N) is 1. The molecule has 2 amide bonds. The molecule has 1 aliphatic rings. The van der Waals surface area contributed by atoms with Crippen molar-refractivity contribution in [2.75, 3.05) is 38.2 Å². The third-order valence-corrected chi connectivity index (χ3v) is 4.25. The summed E-state index contributed by atoms with van der Waals surface area (Å²) in [6, 6.07) is 5.45. The second-order valence-corrected chi connectivity index (χ2v) is 6.61. The maximum atomic E-state index is 13.0. The molecular formula is C18H26FN3O3. The number of ether oxygens (including phenoxy) is 1. The van der Waals surface area contributed by atoms with Crippen LogP contribution in [0.25, 0.3) is 0 Å². The van der Waals surface area contributed by atoms with Crippen molar-refractivity contribution in [3.05, 3.63) is 30.1 Å². The highest BCUT2D eigenvalue weighted by Crippen LogP contribution is 2.17. The first kappa shape index (κ1) is 19.0. The smallest absolute Gasteiger partial charge is 0.328 e. The minimum atomic E-state index is -0.632. The van der Waals surface area contributed by atoms with Crippen LogP contribution < -0.4 is 10.2 Å². The number of benzene rings is 1. The molecule has 138 valence electrons. The molecule has 0 spiro atoms. The lowest BCUT2D eigenvalue weighted by Crippen LogP contribution is -2.55. The highest BCUT2D eigenvalue weighted by Gasteiger charge is 2.27. The molecule has 1 N–H and O–H groups in total. The molecule has 0 aliphatic carbocycles. The van der Waals surface area contributed by atoms with Crippen molar-refractivity contribution < 1.29 is 18.7 Å². The summed E-state index contributed by atoms with van der Waals surface area (Å²) in [6.45, 7) is 6.38. The summed E-state index contributed by atoms with van der Waals surface area (Å²) in [4.78, 5) is 28.1. The van der Waals surface area contributed by atoms with Gasteiger partial charge in [-0.2, -0.15) is 0 Å². The van der Waals surface area contributed by atoms with E-state index >= 15 is 0 Å². The van der Waals surface area contributed by atoms with Gasteiger partial charge in [-0.3, -0.25) is 0 Å². The van der Waals surface area contributed by atoms with Crippen LogP contribution in [-0.4, -0.2) is 56.2 Å². The molecule has 0 unspecified atom stereocenters. The Kier molecular flexibility index (Phi) is 6.61. The minimum absolute atomic E-state index is 0.255. The van der Waals surface area contributed by atoms with E-state index < -0.39 is 12.0 Å². The van der Waals surface area contributed by atoms with Crippen molar-refractivity contribution in [1.29, 1.82) is 0 Å². The second-order valence-electron chi connectivity index (χ2n) is 6.61. The van der Waals surface area contributed by atoms with Gasteiger partial charge in [0.05, 0.1) is 7.11 Å².